The molecule has 0 fully saturated rings. The molecular weight excluding hydrogens is 539 g/mol. The summed E-state index contributed by atoms with van der Waals surface area (Å²) in [6, 6.07) is 12.7. The summed E-state index contributed by atoms with van der Waals surface area (Å²) in [7, 11) is -2.87. The Hall–Kier alpha value is -2.48. The van der Waals surface area contributed by atoms with Crippen LogP contribution in [0.2, 0.25) is 5.02 Å². The van der Waals surface area contributed by atoms with Crippen LogP contribution in [0.25, 0.3) is 10.9 Å². The van der Waals surface area contributed by atoms with E-state index in [1.165, 1.54) is 6.20 Å². The highest BCUT2D eigenvalue weighted by atomic mass is 35.5. The molecule has 0 saturated carbocycles. The van der Waals surface area contributed by atoms with Crippen molar-refractivity contribution in [2.45, 2.75) is 59.9 Å². The van der Waals surface area contributed by atoms with E-state index in [2.05, 4.69) is 46.9 Å². The number of benzene rings is 2. The molecule has 0 aliphatic carbocycles. The molecule has 1 heterocycles. The zero-order valence-electron chi connectivity index (χ0n) is 23.5. The second kappa shape index (κ2) is 11.2. The summed E-state index contributed by atoms with van der Waals surface area (Å²) in [6.07, 6.45) is 1.84. The van der Waals surface area contributed by atoms with Gasteiger partial charge >= 0.3 is 7.82 Å². The number of aromatic nitrogens is 1. The van der Waals surface area contributed by atoms with Crippen LogP contribution in [0.4, 0.5) is 0 Å². The SMILES string of the molecule is Cn1cc(C(=O)NCc2ccc(Cl)cc2)c(=O)c2cc(C(CCOP(=O)(O)O)(C(C)(C)C)C(C)(C)C)ccc21. The third-order valence-corrected chi connectivity index (χ3v) is 8.36. The number of pyridine rings is 1. The third-order valence-electron chi connectivity index (χ3n) is 7.59. The molecule has 1 aromatic heterocycles. The number of nitrogens with one attached hydrogen (secondary N) is 1. The van der Waals surface area contributed by atoms with Gasteiger partial charge in [-0.3, -0.25) is 14.1 Å². The first-order valence-corrected chi connectivity index (χ1v) is 14.6. The molecule has 0 saturated heterocycles. The summed E-state index contributed by atoms with van der Waals surface area (Å²) >= 11 is 5.94. The average molecular weight is 577 g/mol. The topological polar surface area (TPSA) is 118 Å². The summed E-state index contributed by atoms with van der Waals surface area (Å²) in [4.78, 5) is 45.4. The number of rotatable bonds is 8. The molecule has 0 unspecified atom stereocenters. The van der Waals surface area contributed by atoms with E-state index in [-0.39, 0.29) is 24.1 Å². The highest BCUT2D eigenvalue weighted by Crippen LogP contribution is 2.56. The van der Waals surface area contributed by atoms with Gasteiger partial charge in [0, 0.05) is 35.6 Å². The van der Waals surface area contributed by atoms with E-state index >= 15 is 0 Å². The van der Waals surface area contributed by atoms with Gasteiger partial charge in [-0.1, -0.05) is 71.3 Å². The van der Waals surface area contributed by atoms with Gasteiger partial charge in [-0.15, -0.1) is 0 Å². The number of carbonyl (C=O) groups excluding carboxylic acids is 1. The Morgan fingerprint density at radius 1 is 1.03 bits per heavy atom. The lowest BCUT2D eigenvalue weighted by Crippen LogP contribution is -2.51. The molecule has 0 atom stereocenters. The largest absolute Gasteiger partial charge is 0.469 e. The number of aryl methyl sites for hydroxylation is 1. The van der Waals surface area contributed by atoms with Crippen molar-refractivity contribution in [1.29, 1.82) is 0 Å². The zero-order chi connectivity index (χ0) is 29.4. The van der Waals surface area contributed by atoms with Crippen LogP contribution in [-0.4, -0.2) is 26.9 Å². The van der Waals surface area contributed by atoms with Gasteiger partial charge in [0.2, 0.25) is 5.43 Å². The fraction of sp³-hybridized carbons (Fsp3) is 0.448. The molecule has 0 aliphatic rings. The Kier molecular flexibility index (Phi) is 8.90. The van der Waals surface area contributed by atoms with Gasteiger partial charge < -0.3 is 19.7 Å². The van der Waals surface area contributed by atoms with E-state index in [4.69, 9.17) is 16.1 Å². The van der Waals surface area contributed by atoms with Gasteiger partial charge in [-0.05, 0) is 52.6 Å². The molecule has 1 amide bonds. The normalized spacial score (nSPS) is 13.1. The number of amides is 1. The van der Waals surface area contributed by atoms with Crippen molar-refractivity contribution >= 4 is 36.2 Å². The minimum absolute atomic E-state index is 0.0260. The number of phosphoric acid groups is 1. The molecule has 2 aromatic carbocycles. The molecule has 0 bridgehead atoms. The molecule has 212 valence electrons. The molecule has 3 aromatic rings. The van der Waals surface area contributed by atoms with Gasteiger partial charge in [0.1, 0.15) is 5.56 Å². The van der Waals surface area contributed by atoms with Gasteiger partial charge in [-0.25, -0.2) is 4.57 Å². The summed E-state index contributed by atoms with van der Waals surface area (Å²) in [6.45, 7) is 12.5. The van der Waals surface area contributed by atoms with Crippen molar-refractivity contribution in [3.8, 4) is 0 Å². The van der Waals surface area contributed by atoms with Gasteiger partial charge in [0.15, 0.2) is 0 Å². The van der Waals surface area contributed by atoms with E-state index in [1.807, 2.05) is 30.3 Å². The maximum Gasteiger partial charge on any atom is 0.469 e. The van der Waals surface area contributed by atoms with E-state index < -0.39 is 30.0 Å². The van der Waals surface area contributed by atoms with Crippen molar-refractivity contribution in [1.82, 2.24) is 9.88 Å². The Bertz CT molecular complexity index is 1450. The molecule has 0 aliphatic heterocycles. The lowest BCUT2D eigenvalue weighted by Gasteiger charge is -2.54. The number of fused-ring (bicyclic) bond motifs is 1. The fourth-order valence-corrected chi connectivity index (χ4v) is 6.46. The van der Waals surface area contributed by atoms with E-state index in [0.717, 1.165) is 11.1 Å². The lowest BCUT2D eigenvalue weighted by molar-refractivity contribution is 0.0252. The standard InChI is InChI=1S/C29H38ClN2O6P/c1-27(2,3)29(28(4,5)6,14-15-38-39(35,36)37)20-10-13-24-22(16-20)25(33)23(18-32(24)7)26(34)31-17-19-8-11-21(30)12-9-19/h8-13,16,18H,14-15,17H2,1-7H3,(H,31,34)(H2,35,36,37). The first kappa shape index (κ1) is 31.1. The Morgan fingerprint density at radius 3 is 2.15 bits per heavy atom. The first-order valence-electron chi connectivity index (χ1n) is 12.7. The minimum Gasteiger partial charge on any atom is -0.350 e. The van der Waals surface area contributed by atoms with Gasteiger partial charge in [0.05, 0.1) is 12.1 Å². The lowest BCUT2D eigenvalue weighted by atomic mass is 9.50. The quantitative estimate of drug-likeness (QED) is 0.285. The van der Waals surface area contributed by atoms with Gasteiger partial charge in [0.25, 0.3) is 5.91 Å². The predicted molar refractivity (Wildman–Crippen MR) is 155 cm³/mol. The van der Waals surface area contributed by atoms with E-state index in [0.29, 0.717) is 22.3 Å². The van der Waals surface area contributed by atoms with Crippen LogP contribution in [0.3, 0.4) is 0 Å². The second-order valence-electron chi connectivity index (χ2n) is 12.0. The van der Waals surface area contributed by atoms with Crippen molar-refractivity contribution in [3.63, 3.8) is 0 Å². The molecular formula is C29H38ClN2O6P. The zero-order valence-corrected chi connectivity index (χ0v) is 25.2. The molecule has 3 N–H and O–H groups in total. The minimum atomic E-state index is -4.66. The summed E-state index contributed by atoms with van der Waals surface area (Å²) in [5.41, 5.74) is 0.555. The van der Waals surface area contributed by atoms with Crippen LogP contribution in [0, 0.1) is 10.8 Å². The van der Waals surface area contributed by atoms with Crippen molar-refractivity contribution in [2.24, 2.45) is 17.9 Å². The maximum atomic E-state index is 13.7. The monoisotopic (exact) mass is 576 g/mol. The van der Waals surface area contributed by atoms with Crippen molar-refractivity contribution < 1.29 is 23.7 Å². The number of hydrogen-bond donors (Lipinski definition) is 3. The molecule has 0 spiro atoms. The number of halogens is 1. The second-order valence-corrected chi connectivity index (χ2v) is 13.7. The highest BCUT2D eigenvalue weighted by Gasteiger charge is 2.51. The molecule has 10 heteroatoms. The van der Waals surface area contributed by atoms with E-state index in [1.54, 1.807) is 23.7 Å². The summed E-state index contributed by atoms with van der Waals surface area (Å²) in [5, 5.41) is 3.81. The van der Waals surface area contributed by atoms with E-state index in [9.17, 15) is 23.9 Å². The van der Waals surface area contributed by atoms with Crippen LogP contribution in [0.5, 0.6) is 0 Å². The average Bonchev–Trinajstić information content (AvgIpc) is 2.81. The Morgan fingerprint density at radius 2 is 1.62 bits per heavy atom. The number of phosphoric ester groups is 1. The third kappa shape index (κ3) is 6.64. The highest BCUT2D eigenvalue weighted by molar-refractivity contribution is 7.46. The first-order chi connectivity index (χ1) is 17.9. The number of hydrogen-bond acceptors (Lipinski definition) is 4. The van der Waals surface area contributed by atoms with Crippen molar-refractivity contribution in [2.75, 3.05) is 6.61 Å². The fourth-order valence-electron chi connectivity index (χ4n) is 6.00. The smallest absolute Gasteiger partial charge is 0.350 e. The molecule has 8 nitrogen and oxygen atoms in total. The maximum absolute atomic E-state index is 13.7. The number of nitrogens with zero attached hydrogens (tertiary/aromatic N) is 1. The summed E-state index contributed by atoms with van der Waals surface area (Å²) < 4.78 is 18.1. The van der Waals surface area contributed by atoms with Crippen LogP contribution >= 0.6 is 19.4 Å². The Balaban J connectivity index is 2.11. The molecule has 0 radical (unpaired) electrons. The van der Waals surface area contributed by atoms with Crippen molar-refractivity contribution in [3.05, 3.63) is 80.6 Å². The van der Waals surface area contributed by atoms with Gasteiger partial charge in [-0.2, -0.15) is 0 Å². The number of carbonyl (C=O) groups is 1. The van der Waals surface area contributed by atoms with Crippen LogP contribution in [0.1, 0.15) is 69.4 Å². The van der Waals surface area contributed by atoms with Crippen LogP contribution < -0.4 is 10.7 Å². The molecule has 3 rings (SSSR count). The summed E-state index contributed by atoms with van der Waals surface area (Å²) in [5.74, 6) is -0.481. The van der Waals surface area contributed by atoms with Crippen LogP contribution in [0.15, 0.2) is 53.5 Å². The predicted octanol–water partition coefficient (Wildman–Crippen LogP) is 5.95. The van der Waals surface area contributed by atoms with Crippen LogP contribution in [-0.2, 0) is 28.1 Å². The Labute approximate surface area is 234 Å². The molecule has 39 heavy (non-hydrogen) atoms.